The minimum Gasteiger partial charge on any atom is -0.334 e. The maximum atomic E-state index is 12.7. The van der Waals surface area contributed by atoms with Crippen molar-refractivity contribution in [2.24, 2.45) is 0 Å². The van der Waals surface area contributed by atoms with Crippen molar-refractivity contribution in [1.29, 1.82) is 0 Å². The van der Waals surface area contributed by atoms with Crippen LogP contribution in [0.1, 0.15) is 19.3 Å². The summed E-state index contributed by atoms with van der Waals surface area (Å²) in [6, 6.07) is 3.48. The molecule has 1 aromatic rings. The Morgan fingerprint density at radius 3 is 2.72 bits per heavy atom. The topological polar surface area (TPSA) is 82.6 Å². The molecule has 2 unspecified atom stereocenters. The van der Waals surface area contributed by atoms with Crippen LogP contribution < -0.4 is 5.32 Å². The zero-order valence-corrected chi connectivity index (χ0v) is 16.4. The highest BCUT2D eigenvalue weighted by Gasteiger charge is 2.38. The summed E-state index contributed by atoms with van der Waals surface area (Å²) >= 11 is 0. The molecule has 2 fully saturated rings. The fourth-order valence-corrected chi connectivity index (χ4v) is 4.51. The van der Waals surface area contributed by atoms with Crippen molar-refractivity contribution in [2.75, 3.05) is 26.7 Å². The number of carbonyl (C=O) groups is 1. The van der Waals surface area contributed by atoms with E-state index in [9.17, 15) is 13.2 Å². The number of nitrogens with one attached hydrogen (secondary N) is 1. The highest BCUT2D eigenvalue weighted by atomic mass is 35.5. The average molecular weight is 411 g/mol. The van der Waals surface area contributed by atoms with Gasteiger partial charge in [-0.05, 0) is 37.9 Å². The van der Waals surface area contributed by atoms with Crippen LogP contribution in [0.5, 0.6) is 0 Å². The molecule has 3 rings (SSSR count). The lowest BCUT2D eigenvalue weighted by Gasteiger charge is -2.29. The molecule has 3 heterocycles. The summed E-state index contributed by atoms with van der Waals surface area (Å²) in [4.78, 5) is 18.5. The molecule has 2 atom stereocenters. The maximum absolute atomic E-state index is 12.7. The number of fused-ring (bicyclic) bond motifs is 2. The Morgan fingerprint density at radius 2 is 2.04 bits per heavy atom. The van der Waals surface area contributed by atoms with Crippen LogP contribution in [0.25, 0.3) is 0 Å². The molecule has 0 saturated carbocycles. The zero-order valence-electron chi connectivity index (χ0n) is 14.0. The highest BCUT2D eigenvalue weighted by Crippen LogP contribution is 2.28. The van der Waals surface area contributed by atoms with Crippen LogP contribution >= 0.6 is 24.8 Å². The minimum atomic E-state index is -3.69. The van der Waals surface area contributed by atoms with Crippen molar-refractivity contribution in [1.82, 2.24) is 19.5 Å². The maximum Gasteiger partial charge on any atom is 0.244 e. The molecule has 0 radical (unpaired) electrons. The van der Waals surface area contributed by atoms with E-state index in [0.717, 1.165) is 36.7 Å². The van der Waals surface area contributed by atoms with Crippen LogP contribution in [0.4, 0.5) is 0 Å². The molecule has 0 aliphatic carbocycles. The third-order valence-corrected chi connectivity index (χ3v) is 6.43. The van der Waals surface area contributed by atoms with Crippen molar-refractivity contribution in [3.63, 3.8) is 0 Å². The summed E-state index contributed by atoms with van der Waals surface area (Å²) < 4.78 is 26.1. The first-order chi connectivity index (χ1) is 11.0. The van der Waals surface area contributed by atoms with E-state index < -0.39 is 10.0 Å². The van der Waals surface area contributed by atoms with Gasteiger partial charge in [-0.15, -0.1) is 24.8 Å². The molecule has 1 N–H and O–H groups in total. The van der Waals surface area contributed by atoms with E-state index in [0.29, 0.717) is 0 Å². The summed E-state index contributed by atoms with van der Waals surface area (Å²) in [6.07, 6.45) is 5.75. The SMILES string of the molecule is CN(CC(=O)N1C2CCNCC1CC2)S(=O)(=O)c1cccnc1.Cl.Cl. The molecule has 1 aromatic heterocycles. The molecule has 2 aliphatic heterocycles. The van der Waals surface area contributed by atoms with E-state index >= 15 is 0 Å². The Bertz CT molecular complexity index is 661. The lowest BCUT2D eigenvalue weighted by atomic mass is 10.1. The number of likely N-dealkylation sites (N-methyl/N-ethyl adjacent to an activating group) is 1. The Hall–Kier alpha value is -0.930. The number of hydrogen-bond donors (Lipinski definition) is 1. The molecule has 10 heteroatoms. The molecule has 2 bridgehead atoms. The number of rotatable bonds is 4. The van der Waals surface area contributed by atoms with E-state index in [1.807, 2.05) is 4.90 Å². The quantitative estimate of drug-likeness (QED) is 0.796. The Kier molecular flexibility index (Phi) is 8.08. The van der Waals surface area contributed by atoms with Gasteiger partial charge in [-0.2, -0.15) is 4.31 Å². The van der Waals surface area contributed by atoms with E-state index in [1.54, 1.807) is 6.07 Å². The predicted molar refractivity (Wildman–Crippen MR) is 99.7 cm³/mol. The first kappa shape index (κ1) is 22.1. The highest BCUT2D eigenvalue weighted by molar-refractivity contribution is 7.89. The second-order valence-corrected chi connectivity index (χ2v) is 8.17. The standard InChI is InChI=1S/C15H22N4O3S.2ClH/c1-18(23(21,22)14-3-2-7-16-10-14)11-15(20)19-12-4-5-13(19)9-17-8-6-12;;/h2-3,7,10,12-13,17H,4-6,8-9,11H2,1H3;2*1H. The summed E-state index contributed by atoms with van der Waals surface area (Å²) in [5.41, 5.74) is 0. The van der Waals surface area contributed by atoms with Gasteiger partial charge >= 0.3 is 0 Å². The summed E-state index contributed by atoms with van der Waals surface area (Å²) in [6.45, 7) is 1.57. The monoisotopic (exact) mass is 410 g/mol. The number of hydrogen-bond acceptors (Lipinski definition) is 5. The molecular weight excluding hydrogens is 387 g/mol. The molecule has 1 amide bonds. The van der Waals surface area contributed by atoms with Crippen LogP contribution in [0.3, 0.4) is 0 Å². The second kappa shape index (κ2) is 9.14. The number of amides is 1. The normalized spacial score (nSPS) is 22.7. The van der Waals surface area contributed by atoms with Crippen molar-refractivity contribution in [2.45, 2.75) is 36.2 Å². The van der Waals surface area contributed by atoms with Gasteiger partial charge in [0.05, 0.1) is 6.54 Å². The van der Waals surface area contributed by atoms with Gasteiger partial charge in [0.15, 0.2) is 0 Å². The van der Waals surface area contributed by atoms with E-state index in [1.165, 1.54) is 25.5 Å². The molecule has 7 nitrogen and oxygen atoms in total. The molecule has 25 heavy (non-hydrogen) atoms. The van der Waals surface area contributed by atoms with Gasteiger partial charge < -0.3 is 10.2 Å². The Labute approximate surface area is 161 Å². The van der Waals surface area contributed by atoms with Gasteiger partial charge in [-0.1, -0.05) is 0 Å². The molecule has 2 saturated heterocycles. The van der Waals surface area contributed by atoms with E-state index in [-0.39, 0.29) is 54.2 Å². The predicted octanol–water partition coefficient (Wildman–Crippen LogP) is 0.899. The van der Waals surface area contributed by atoms with Gasteiger partial charge in [0.1, 0.15) is 4.90 Å². The number of sulfonamides is 1. The molecule has 142 valence electrons. The Morgan fingerprint density at radius 1 is 1.32 bits per heavy atom. The van der Waals surface area contributed by atoms with Crippen molar-refractivity contribution in [3.8, 4) is 0 Å². The molecular formula is C15H24Cl2N4O3S. The van der Waals surface area contributed by atoms with Crippen molar-refractivity contribution < 1.29 is 13.2 Å². The fraction of sp³-hybridized carbons (Fsp3) is 0.600. The van der Waals surface area contributed by atoms with Crippen LogP contribution in [0.2, 0.25) is 0 Å². The first-order valence-electron chi connectivity index (χ1n) is 7.88. The van der Waals surface area contributed by atoms with Crippen LogP contribution in [-0.4, -0.2) is 67.3 Å². The number of carbonyl (C=O) groups excluding carboxylic acids is 1. The van der Waals surface area contributed by atoms with Gasteiger partial charge in [0.2, 0.25) is 15.9 Å². The number of aromatic nitrogens is 1. The summed E-state index contributed by atoms with van der Waals surface area (Å²) in [7, 11) is -2.25. The van der Waals surface area contributed by atoms with Crippen LogP contribution in [-0.2, 0) is 14.8 Å². The van der Waals surface area contributed by atoms with Gasteiger partial charge in [0, 0.05) is 38.1 Å². The third kappa shape index (κ3) is 4.62. The smallest absolute Gasteiger partial charge is 0.244 e. The van der Waals surface area contributed by atoms with Gasteiger partial charge in [-0.25, -0.2) is 8.42 Å². The fourth-order valence-electron chi connectivity index (χ4n) is 3.43. The molecule has 0 aromatic carbocycles. The van der Waals surface area contributed by atoms with Crippen molar-refractivity contribution in [3.05, 3.63) is 24.5 Å². The van der Waals surface area contributed by atoms with Crippen molar-refractivity contribution >= 4 is 40.7 Å². The second-order valence-electron chi connectivity index (χ2n) is 6.13. The molecule has 0 spiro atoms. The lowest BCUT2D eigenvalue weighted by molar-refractivity contribution is -0.133. The average Bonchev–Trinajstić information content (AvgIpc) is 2.81. The number of nitrogens with zero attached hydrogens (tertiary/aromatic N) is 3. The summed E-state index contributed by atoms with van der Waals surface area (Å²) in [5.74, 6) is -0.115. The zero-order chi connectivity index (χ0) is 16.4. The van der Waals surface area contributed by atoms with E-state index in [4.69, 9.17) is 0 Å². The summed E-state index contributed by atoms with van der Waals surface area (Å²) in [5, 5.41) is 3.34. The number of halogens is 2. The first-order valence-corrected chi connectivity index (χ1v) is 9.32. The lowest BCUT2D eigenvalue weighted by Crippen LogP contribution is -2.47. The Balaban J connectivity index is 0.00000156. The van der Waals surface area contributed by atoms with E-state index in [2.05, 4.69) is 10.3 Å². The largest absolute Gasteiger partial charge is 0.334 e. The van der Waals surface area contributed by atoms with Gasteiger partial charge in [0.25, 0.3) is 0 Å². The minimum absolute atomic E-state index is 0. The van der Waals surface area contributed by atoms with Gasteiger partial charge in [-0.3, -0.25) is 9.78 Å². The number of pyridine rings is 1. The van der Waals surface area contributed by atoms with Crippen LogP contribution in [0, 0.1) is 0 Å². The molecule has 2 aliphatic rings. The van der Waals surface area contributed by atoms with Crippen LogP contribution in [0.15, 0.2) is 29.4 Å². The third-order valence-electron chi connectivity index (χ3n) is 4.64.